The molecule has 0 aromatic carbocycles. The highest BCUT2D eigenvalue weighted by Crippen LogP contribution is 2.23. The molecule has 2 aliphatic rings. The number of nitrogens with one attached hydrogen (secondary N) is 1. The fourth-order valence-electron chi connectivity index (χ4n) is 2.77. The predicted octanol–water partition coefficient (Wildman–Crippen LogP) is 1.73. The summed E-state index contributed by atoms with van der Waals surface area (Å²) in [5.74, 6) is 0.818. The third-order valence-electron chi connectivity index (χ3n) is 4.18. The smallest absolute Gasteiger partial charge is 0.0495 e. The molecule has 2 fully saturated rings. The fourth-order valence-corrected chi connectivity index (χ4v) is 2.77. The second kappa shape index (κ2) is 5.68. The predicted molar refractivity (Wildman–Crippen MR) is 71.2 cm³/mol. The molecule has 2 rings (SSSR count). The minimum Gasteiger partial charge on any atom is -0.381 e. The summed E-state index contributed by atoms with van der Waals surface area (Å²) in [6.07, 6.45) is 2.59. The van der Waals surface area contributed by atoms with Crippen LogP contribution in [0.15, 0.2) is 0 Å². The number of piperazine rings is 1. The van der Waals surface area contributed by atoms with Crippen LogP contribution in [-0.4, -0.2) is 50.3 Å². The summed E-state index contributed by atoms with van der Waals surface area (Å²) >= 11 is 0. The average molecular weight is 240 g/mol. The Balaban J connectivity index is 1.73. The molecule has 0 radical (unpaired) electrons. The van der Waals surface area contributed by atoms with Gasteiger partial charge in [0.2, 0.25) is 0 Å². The fraction of sp³-hybridized carbons (Fsp3) is 1.00. The summed E-state index contributed by atoms with van der Waals surface area (Å²) in [5, 5.41) is 3.65. The van der Waals surface area contributed by atoms with Crippen LogP contribution >= 0.6 is 0 Å². The SMILES string of the molecule is CC(C)(C)C1CN(CCC2CCOC2)CCN1. The molecule has 0 aromatic rings. The molecule has 2 unspecified atom stereocenters. The lowest BCUT2D eigenvalue weighted by molar-refractivity contribution is 0.125. The Labute approximate surface area is 106 Å². The number of nitrogens with zero attached hydrogens (tertiary/aromatic N) is 1. The van der Waals surface area contributed by atoms with Crippen molar-refractivity contribution in [1.29, 1.82) is 0 Å². The molecule has 1 N–H and O–H groups in total. The third kappa shape index (κ3) is 3.94. The molecule has 0 aromatic heterocycles. The Morgan fingerprint density at radius 1 is 1.35 bits per heavy atom. The lowest BCUT2D eigenvalue weighted by Crippen LogP contribution is -2.56. The number of hydrogen-bond donors (Lipinski definition) is 1. The van der Waals surface area contributed by atoms with Gasteiger partial charge in [-0.15, -0.1) is 0 Å². The average Bonchev–Trinajstić information content (AvgIpc) is 2.78. The minimum atomic E-state index is 0.370. The highest BCUT2D eigenvalue weighted by Gasteiger charge is 2.29. The first-order valence-electron chi connectivity index (χ1n) is 7.09. The van der Waals surface area contributed by atoms with E-state index in [0.29, 0.717) is 11.5 Å². The molecule has 0 saturated carbocycles. The van der Waals surface area contributed by atoms with E-state index in [1.54, 1.807) is 0 Å². The van der Waals surface area contributed by atoms with E-state index in [1.807, 2.05) is 0 Å². The first-order chi connectivity index (χ1) is 8.05. The molecule has 2 saturated heterocycles. The van der Waals surface area contributed by atoms with Gasteiger partial charge >= 0.3 is 0 Å². The van der Waals surface area contributed by atoms with Gasteiger partial charge in [-0.05, 0) is 30.7 Å². The van der Waals surface area contributed by atoms with Crippen molar-refractivity contribution in [3.05, 3.63) is 0 Å². The Morgan fingerprint density at radius 2 is 2.18 bits per heavy atom. The van der Waals surface area contributed by atoms with Gasteiger partial charge in [0.05, 0.1) is 0 Å². The molecule has 0 spiro atoms. The summed E-state index contributed by atoms with van der Waals surface area (Å²) in [6, 6.07) is 0.635. The maximum atomic E-state index is 5.44. The van der Waals surface area contributed by atoms with Gasteiger partial charge in [0, 0.05) is 38.9 Å². The first-order valence-corrected chi connectivity index (χ1v) is 7.09. The van der Waals surface area contributed by atoms with Crippen molar-refractivity contribution in [1.82, 2.24) is 10.2 Å². The van der Waals surface area contributed by atoms with Crippen LogP contribution in [-0.2, 0) is 4.74 Å². The van der Waals surface area contributed by atoms with E-state index < -0.39 is 0 Å². The zero-order valence-corrected chi connectivity index (χ0v) is 11.7. The number of rotatable bonds is 3. The molecule has 2 aliphatic heterocycles. The largest absolute Gasteiger partial charge is 0.381 e. The van der Waals surface area contributed by atoms with E-state index in [-0.39, 0.29) is 0 Å². The maximum absolute atomic E-state index is 5.44. The molecule has 2 atom stereocenters. The second-order valence-corrected chi connectivity index (χ2v) is 6.69. The summed E-state index contributed by atoms with van der Waals surface area (Å²) < 4.78 is 5.44. The molecule has 0 aliphatic carbocycles. The quantitative estimate of drug-likeness (QED) is 0.813. The van der Waals surface area contributed by atoms with Crippen LogP contribution in [0.2, 0.25) is 0 Å². The van der Waals surface area contributed by atoms with Crippen molar-refractivity contribution in [3.8, 4) is 0 Å². The van der Waals surface area contributed by atoms with Crippen LogP contribution in [0.1, 0.15) is 33.6 Å². The van der Waals surface area contributed by atoms with Crippen LogP contribution in [0.25, 0.3) is 0 Å². The molecule has 3 nitrogen and oxygen atoms in total. The van der Waals surface area contributed by atoms with Gasteiger partial charge in [-0.25, -0.2) is 0 Å². The van der Waals surface area contributed by atoms with E-state index in [9.17, 15) is 0 Å². The second-order valence-electron chi connectivity index (χ2n) is 6.69. The van der Waals surface area contributed by atoms with Gasteiger partial charge in [0.25, 0.3) is 0 Å². The summed E-state index contributed by atoms with van der Waals surface area (Å²) in [7, 11) is 0. The molecule has 17 heavy (non-hydrogen) atoms. The van der Waals surface area contributed by atoms with E-state index in [1.165, 1.54) is 32.5 Å². The van der Waals surface area contributed by atoms with Gasteiger partial charge in [-0.3, -0.25) is 0 Å². The third-order valence-corrected chi connectivity index (χ3v) is 4.18. The lowest BCUT2D eigenvalue weighted by atomic mass is 9.85. The zero-order chi connectivity index (χ0) is 12.3. The Morgan fingerprint density at radius 3 is 2.82 bits per heavy atom. The maximum Gasteiger partial charge on any atom is 0.0495 e. The molecule has 3 heteroatoms. The standard InChI is InChI=1S/C14H28N2O/c1-14(2,3)13-10-16(8-6-15-13)7-4-12-5-9-17-11-12/h12-13,15H,4-11H2,1-3H3. The van der Waals surface area contributed by atoms with Gasteiger partial charge in [-0.1, -0.05) is 20.8 Å². The van der Waals surface area contributed by atoms with Crippen LogP contribution in [0, 0.1) is 11.3 Å². The number of ether oxygens (including phenoxy) is 1. The van der Waals surface area contributed by atoms with Crippen LogP contribution < -0.4 is 5.32 Å². The van der Waals surface area contributed by atoms with Crippen LogP contribution in [0.3, 0.4) is 0 Å². The Kier molecular flexibility index (Phi) is 4.45. The molecule has 100 valence electrons. The minimum absolute atomic E-state index is 0.370. The van der Waals surface area contributed by atoms with E-state index in [0.717, 1.165) is 25.7 Å². The van der Waals surface area contributed by atoms with Crippen molar-refractivity contribution >= 4 is 0 Å². The highest BCUT2D eigenvalue weighted by molar-refractivity contribution is 4.87. The van der Waals surface area contributed by atoms with Crippen LogP contribution in [0.5, 0.6) is 0 Å². The molecular weight excluding hydrogens is 212 g/mol. The van der Waals surface area contributed by atoms with Gasteiger partial charge in [-0.2, -0.15) is 0 Å². The Hall–Kier alpha value is -0.120. The van der Waals surface area contributed by atoms with E-state index in [4.69, 9.17) is 4.74 Å². The summed E-state index contributed by atoms with van der Waals surface area (Å²) in [6.45, 7) is 13.8. The Bertz CT molecular complexity index is 231. The first kappa shape index (κ1) is 13.3. The van der Waals surface area contributed by atoms with Crippen molar-refractivity contribution in [2.75, 3.05) is 39.4 Å². The molecule has 0 amide bonds. The monoisotopic (exact) mass is 240 g/mol. The van der Waals surface area contributed by atoms with Gasteiger partial charge < -0.3 is 15.0 Å². The topological polar surface area (TPSA) is 24.5 Å². The van der Waals surface area contributed by atoms with Gasteiger partial charge in [0.15, 0.2) is 0 Å². The summed E-state index contributed by atoms with van der Waals surface area (Å²) in [4.78, 5) is 2.63. The van der Waals surface area contributed by atoms with E-state index >= 15 is 0 Å². The zero-order valence-electron chi connectivity index (χ0n) is 11.7. The number of hydrogen-bond acceptors (Lipinski definition) is 3. The van der Waals surface area contributed by atoms with Crippen molar-refractivity contribution in [3.63, 3.8) is 0 Å². The highest BCUT2D eigenvalue weighted by atomic mass is 16.5. The van der Waals surface area contributed by atoms with Crippen molar-refractivity contribution in [2.45, 2.75) is 39.7 Å². The lowest BCUT2D eigenvalue weighted by Gasteiger charge is -2.40. The molecule has 0 bridgehead atoms. The van der Waals surface area contributed by atoms with Crippen molar-refractivity contribution < 1.29 is 4.74 Å². The molecular formula is C14H28N2O. The molecule has 2 heterocycles. The van der Waals surface area contributed by atoms with Crippen LogP contribution in [0.4, 0.5) is 0 Å². The van der Waals surface area contributed by atoms with E-state index in [2.05, 4.69) is 31.0 Å². The summed E-state index contributed by atoms with van der Waals surface area (Å²) in [5.41, 5.74) is 0.370. The van der Waals surface area contributed by atoms with Crippen molar-refractivity contribution in [2.24, 2.45) is 11.3 Å². The van der Waals surface area contributed by atoms with Gasteiger partial charge in [0.1, 0.15) is 0 Å². The normalized spacial score (nSPS) is 31.9.